The molecule has 1 aromatic carbocycles. The molecule has 3 heterocycles. The maximum absolute atomic E-state index is 13.2. The second-order valence-corrected chi connectivity index (χ2v) is 10.3. The number of halogens is 1. The van der Waals surface area contributed by atoms with Gasteiger partial charge in [-0.05, 0) is 25.2 Å². The molecule has 0 bridgehead atoms. The number of likely N-dealkylation sites (tertiary alicyclic amines) is 1. The van der Waals surface area contributed by atoms with Gasteiger partial charge in [0.25, 0.3) is 0 Å². The standard InChI is InChI=1S/C25H34BrN5O4/c1-3-22-27-23(35-28-22)7-8-24(32)31-10-9-21(34-20-6-4-5-19(26)16-20)18(17-31)15-25(33)30-13-11-29(2)12-14-30/h4-6,16,18,21H,3,7-15,17H2,1-2H3/t18-,21-/m0/s1. The van der Waals surface area contributed by atoms with E-state index >= 15 is 0 Å². The smallest absolute Gasteiger partial charge is 0.227 e. The number of piperazine rings is 1. The van der Waals surface area contributed by atoms with Crippen molar-refractivity contribution < 1.29 is 18.8 Å². The first kappa shape index (κ1) is 25.6. The average molecular weight is 548 g/mol. The number of rotatable bonds is 8. The van der Waals surface area contributed by atoms with Gasteiger partial charge in [-0.1, -0.05) is 34.1 Å². The van der Waals surface area contributed by atoms with Crippen LogP contribution in [0.1, 0.15) is 37.9 Å². The molecule has 2 fully saturated rings. The summed E-state index contributed by atoms with van der Waals surface area (Å²) in [6, 6.07) is 7.75. The maximum Gasteiger partial charge on any atom is 0.227 e. The normalized spacial score (nSPS) is 21.2. The molecule has 2 atom stereocenters. The van der Waals surface area contributed by atoms with Gasteiger partial charge in [-0.25, -0.2) is 0 Å². The molecule has 35 heavy (non-hydrogen) atoms. The van der Waals surface area contributed by atoms with E-state index in [-0.39, 0.29) is 23.8 Å². The minimum absolute atomic E-state index is 0.0409. The van der Waals surface area contributed by atoms with Gasteiger partial charge in [-0.2, -0.15) is 4.98 Å². The molecular weight excluding hydrogens is 514 g/mol. The van der Waals surface area contributed by atoms with Crippen molar-refractivity contribution in [2.24, 2.45) is 5.92 Å². The highest BCUT2D eigenvalue weighted by Gasteiger charge is 2.35. The Bertz CT molecular complexity index is 1010. The Morgan fingerprint density at radius 2 is 1.94 bits per heavy atom. The molecule has 2 aromatic rings. The van der Waals surface area contributed by atoms with Crippen LogP contribution in [0.25, 0.3) is 0 Å². The Morgan fingerprint density at radius 3 is 2.66 bits per heavy atom. The van der Waals surface area contributed by atoms with E-state index in [0.717, 1.165) is 36.4 Å². The number of carbonyl (C=O) groups is 2. The van der Waals surface area contributed by atoms with Crippen LogP contribution in [0.4, 0.5) is 0 Å². The average Bonchev–Trinajstić information content (AvgIpc) is 3.32. The molecule has 2 aliphatic heterocycles. The second-order valence-electron chi connectivity index (χ2n) is 9.35. The fraction of sp³-hybridized carbons (Fsp3) is 0.600. The highest BCUT2D eigenvalue weighted by molar-refractivity contribution is 9.10. The molecule has 2 saturated heterocycles. The number of aryl methyl sites for hydroxylation is 2. The minimum atomic E-state index is -0.132. The lowest BCUT2D eigenvalue weighted by Gasteiger charge is -2.40. The minimum Gasteiger partial charge on any atom is -0.490 e. The van der Waals surface area contributed by atoms with Crippen molar-refractivity contribution in [1.29, 1.82) is 0 Å². The van der Waals surface area contributed by atoms with Gasteiger partial charge < -0.3 is 24.0 Å². The third kappa shape index (κ3) is 7.04. The van der Waals surface area contributed by atoms with Crippen molar-refractivity contribution in [2.75, 3.05) is 46.3 Å². The van der Waals surface area contributed by atoms with Gasteiger partial charge in [-0.3, -0.25) is 9.59 Å². The summed E-state index contributed by atoms with van der Waals surface area (Å²) in [5.74, 6) is 2.01. The lowest BCUT2D eigenvalue weighted by molar-refractivity contribution is -0.140. The highest BCUT2D eigenvalue weighted by Crippen LogP contribution is 2.28. The summed E-state index contributed by atoms with van der Waals surface area (Å²) in [5, 5.41) is 3.90. The Hall–Kier alpha value is -2.46. The van der Waals surface area contributed by atoms with E-state index in [4.69, 9.17) is 9.26 Å². The maximum atomic E-state index is 13.2. The van der Waals surface area contributed by atoms with E-state index in [1.54, 1.807) is 0 Å². The predicted octanol–water partition coefficient (Wildman–Crippen LogP) is 2.79. The van der Waals surface area contributed by atoms with E-state index in [9.17, 15) is 9.59 Å². The number of amides is 2. The van der Waals surface area contributed by atoms with Crippen molar-refractivity contribution in [3.05, 3.63) is 40.5 Å². The number of likely N-dealkylation sites (N-methyl/N-ethyl adjacent to an activating group) is 1. The zero-order valence-corrected chi connectivity index (χ0v) is 22.1. The van der Waals surface area contributed by atoms with Gasteiger partial charge >= 0.3 is 0 Å². The summed E-state index contributed by atoms with van der Waals surface area (Å²) in [6.07, 6.45) is 2.35. The number of piperidine rings is 1. The van der Waals surface area contributed by atoms with Crippen LogP contribution in [0.5, 0.6) is 5.75 Å². The number of nitrogens with zero attached hydrogens (tertiary/aromatic N) is 5. The molecule has 4 rings (SSSR count). The predicted molar refractivity (Wildman–Crippen MR) is 134 cm³/mol. The lowest BCUT2D eigenvalue weighted by Crippen LogP contribution is -2.51. The number of carbonyl (C=O) groups excluding carboxylic acids is 2. The van der Waals surface area contributed by atoms with Crippen LogP contribution in [-0.2, 0) is 22.4 Å². The summed E-state index contributed by atoms with van der Waals surface area (Å²) in [6.45, 7) is 6.31. The van der Waals surface area contributed by atoms with Crippen molar-refractivity contribution >= 4 is 27.7 Å². The summed E-state index contributed by atoms with van der Waals surface area (Å²) in [5.41, 5.74) is 0. The van der Waals surface area contributed by atoms with Crippen LogP contribution in [0.2, 0.25) is 0 Å². The molecule has 0 N–H and O–H groups in total. The zero-order valence-electron chi connectivity index (χ0n) is 20.5. The molecule has 0 aliphatic carbocycles. The van der Waals surface area contributed by atoms with Crippen LogP contribution < -0.4 is 4.74 Å². The van der Waals surface area contributed by atoms with Gasteiger partial charge in [0, 0.05) is 81.8 Å². The van der Waals surface area contributed by atoms with Gasteiger partial charge in [0.2, 0.25) is 17.7 Å². The molecule has 2 aliphatic rings. The number of ether oxygens (including phenoxy) is 1. The fourth-order valence-corrected chi connectivity index (χ4v) is 5.00. The van der Waals surface area contributed by atoms with Crippen molar-refractivity contribution in [1.82, 2.24) is 24.8 Å². The van der Waals surface area contributed by atoms with Crippen molar-refractivity contribution in [3.8, 4) is 5.75 Å². The molecule has 2 amide bonds. The van der Waals surface area contributed by atoms with Crippen LogP contribution in [-0.4, -0.2) is 89.1 Å². The Balaban J connectivity index is 1.40. The Morgan fingerprint density at radius 1 is 1.14 bits per heavy atom. The number of aromatic nitrogens is 2. The summed E-state index contributed by atoms with van der Waals surface area (Å²) < 4.78 is 12.5. The lowest BCUT2D eigenvalue weighted by atomic mass is 9.90. The summed E-state index contributed by atoms with van der Waals surface area (Å²) in [4.78, 5) is 36.5. The first-order valence-electron chi connectivity index (χ1n) is 12.4. The molecule has 1 aromatic heterocycles. The molecule has 0 saturated carbocycles. The van der Waals surface area contributed by atoms with Crippen LogP contribution in [0.3, 0.4) is 0 Å². The monoisotopic (exact) mass is 547 g/mol. The zero-order chi connectivity index (χ0) is 24.8. The van der Waals surface area contributed by atoms with Gasteiger partial charge in [0.05, 0.1) is 0 Å². The first-order valence-corrected chi connectivity index (χ1v) is 13.2. The molecule has 190 valence electrons. The van der Waals surface area contributed by atoms with Crippen LogP contribution >= 0.6 is 15.9 Å². The molecule has 0 unspecified atom stereocenters. The molecule has 9 nitrogen and oxygen atoms in total. The number of hydrogen-bond donors (Lipinski definition) is 0. The van der Waals surface area contributed by atoms with Gasteiger partial charge in [0.1, 0.15) is 11.9 Å². The second kappa shape index (κ2) is 12.0. The van der Waals surface area contributed by atoms with Crippen molar-refractivity contribution in [2.45, 2.75) is 45.1 Å². The first-order chi connectivity index (χ1) is 16.9. The summed E-state index contributed by atoms with van der Waals surface area (Å²) >= 11 is 3.50. The van der Waals surface area contributed by atoms with Gasteiger partial charge in [-0.15, -0.1) is 0 Å². The Labute approximate surface area is 214 Å². The van der Waals surface area contributed by atoms with Crippen LogP contribution in [0, 0.1) is 5.92 Å². The van der Waals surface area contributed by atoms with E-state index in [1.807, 2.05) is 41.0 Å². The molecule has 0 radical (unpaired) electrons. The van der Waals surface area contributed by atoms with E-state index < -0.39 is 0 Å². The topological polar surface area (TPSA) is 92.0 Å². The van der Waals surface area contributed by atoms with Crippen LogP contribution in [0.15, 0.2) is 33.3 Å². The largest absolute Gasteiger partial charge is 0.490 e. The van der Waals surface area contributed by atoms with E-state index in [1.165, 1.54) is 0 Å². The molecular formula is C25H34BrN5O4. The number of hydrogen-bond acceptors (Lipinski definition) is 7. The summed E-state index contributed by atoms with van der Waals surface area (Å²) in [7, 11) is 2.08. The van der Waals surface area contributed by atoms with E-state index in [2.05, 4.69) is 38.0 Å². The third-order valence-electron chi connectivity index (χ3n) is 6.77. The quantitative estimate of drug-likeness (QED) is 0.501. The van der Waals surface area contributed by atoms with Crippen molar-refractivity contribution in [3.63, 3.8) is 0 Å². The molecule has 0 spiro atoms. The molecule has 10 heteroatoms. The third-order valence-corrected chi connectivity index (χ3v) is 7.27. The van der Waals surface area contributed by atoms with Gasteiger partial charge in [0.15, 0.2) is 5.82 Å². The SMILES string of the molecule is CCc1noc(CCC(=O)N2CC[C@H](Oc3cccc(Br)c3)[C@@H](CC(=O)N3CCN(C)CC3)C2)n1. The fourth-order valence-electron chi connectivity index (χ4n) is 4.62. The highest BCUT2D eigenvalue weighted by atomic mass is 79.9. The number of benzene rings is 1. The van der Waals surface area contributed by atoms with E-state index in [0.29, 0.717) is 56.9 Å². The Kier molecular flexibility index (Phi) is 8.78.